The molecule has 0 bridgehead atoms. The van der Waals surface area contributed by atoms with E-state index in [-0.39, 0.29) is 23.3 Å². The highest BCUT2D eigenvalue weighted by molar-refractivity contribution is 7.81. The third-order valence-electron chi connectivity index (χ3n) is 3.28. The number of rotatable bonds is 4. The normalized spacial score (nSPS) is 24.8. The maximum atomic E-state index is 12.0. The van der Waals surface area contributed by atoms with Crippen LogP contribution in [0.15, 0.2) is 30.3 Å². The van der Waals surface area contributed by atoms with Gasteiger partial charge < -0.3 is 10.1 Å². The molecule has 3 unspecified atom stereocenters. The Hall–Kier alpha value is -1.00. The second-order valence-corrected chi connectivity index (χ2v) is 5.31. The summed E-state index contributed by atoms with van der Waals surface area (Å²) in [4.78, 5) is 12.0. The number of benzene rings is 1. The molecule has 3 atom stereocenters. The van der Waals surface area contributed by atoms with Gasteiger partial charge in [0.1, 0.15) is 0 Å². The highest BCUT2D eigenvalue weighted by Gasteiger charge is 2.27. The average Bonchev–Trinajstić information content (AvgIpc) is 2.76. The van der Waals surface area contributed by atoms with Gasteiger partial charge in [0.05, 0.1) is 17.4 Å². The van der Waals surface area contributed by atoms with Crippen LogP contribution < -0.4 is 5.32 Å². The maximum Gasteiger partial charge on any atom is 0.233 e. The highest BCUT2D eigenvalue weighted by Crippen LogP contribution is 2.14. The van der Waals surface area contributed by atoms with Crippen molar-refractivity contribution in [2.24, 2.45) is 0 Å². The summed E-state index contributed by atoms with van der Waals surface area (Å²) < 4.78 is 5.42. The Bertz CT molecular complexity index is 396. The number of ether oxygens (including phenoxy) is 1. The fraction of sp³-hybridized carbons (Fsp3) is 0.500. The number of carbonyl (C=O) groups is 1. The summed E-state index contributed by atoms with van der Waals surface area (Å²) in [7, 11) is 0. The number of amides is 1. The van der Waals surface area contributed by atoms with Gasteiger partial charge in [-0.2, -0.15) is 12.6 Å². The molecule has 1 fully saturated rings. The first-order chi connectivity index (χ1) is 8.66. The molecule has 0 saturated carbocycles. The average molecular weight is 265 g/mol. The van der Waals surface area contributed by atoms with Gasteiger partial charge in [0, 0.05) is 6.61 Å². The first kappa shape index (κ1) is 13.4. The summed E-state index contributed by atoms with van der Waals surface area (Å²) >= 11 is 4.39. The van der Waals surface area contributed by atoms with E-state index in [1.807, 2.05) is 37.3 Å². The van der Waals surface area contributed by atoms with Crippen LogP contribution in [-0.4, -0.2) is 29.9 Å². The van der Waals surface area contributed by atoms with Gasteiger partial charge in [-0.25, -0.2) is 0 Å². The molecular formula is C14H19NO2S. The molecule has 18 heavy (non-hydrogen) atoms. The van der Waals surface area contributed by atoms with E-state index in [1.54, 1.807) is 0 Å². The lowest BCUT2D eigenvalue weighted by Gasteiger charge is -2.18. The number of hydrogen-bond acceptors (Lipinski definition) is 3. The summed E-state index contributed by atoms with van der Waals surface area (Å²) in [6, 6.07) is 10.1. The van der Waals surface area contributed by atoms with Crippen LogP contribution in [-0.2, 0) is 16.0 Å². The minimum absolute atomic E-state index is 0.00969. The maximum absolute atomic E-state index is 12.0. The third-order valence-corrected chi connectivity index (χ3v) is 3.70. The largest absolute Gasteiger partial charge is 0.376 e. The molecule has 0 aromatic heterocycles. The van der Waals surface area contributed by atoms with Crippen LogP contribution in [0.1, 0.15) is 18.9 Å². The molecule has 98 valence electrons. The van der Waals surface area contributed by atoms with Crippen molar-refractivity contribution in [3.8, 4) is 0 Å². The molecule has 0 spiro atoms. The third kappa shape index (κ3) is 3.50. The number of nitrogens with one attached hydrogen (secondary N) is 1. The zero-order valence-electron chi connectivity index (χ0n) is 10.5. The van der Waals surface area contributed by atoms with Crippen molar-refractivity contribution in [2.75, 3.05) is 6.61 Å². The van der Waals surface area contributed by atoms with E-state index in [0.717, 1.165) is 18.6 Å². The lowest BCUT2D eigenvalue weighted by Crippen LogP contribution is -2.43. The second-order valence-electron chi connectivity index (χ2n) is 4.69. The molecule has 1 N–H and O–H groups in total. The van der Waals surface area contributed by atoms with E-state index < -0.39 is 0 Å². The minimum Gasteiger partial charge on any atom is -0.376 e. The van der Waals surface area contributed by atoms with Gasteiger partial charge in [0.2, 0.25) is 5.91 Å². The Morgan fingerprint density at radius 1 is 1.50 bits per heavy atom. The Labute approximate surface area is 113 Å². The predicted molar refractivity (Wildman–Crippen MR) is 74.9 cm³/mol. The standard InChI is InChI=1S/C14H19NO2S/c1-10-12(7-8-17-10)15-14(16)13(18)9-11-5-3-2-4-6-11/h2-6,10,12-13,18H,7-9H2,1H3,(H,15,16). The molecular weight excluding hydrogens is 246 g/mol. The van der Waals surface area contributed by atoms with E-state index in [1.165, 1.54) is 0 Å². The van der Waals surface area contributed by atoms with E-state index in [0.29, 0.717) is 6.42 Å². The van der Waals surface area contributed by atoms with E-state index >= 15 is 0 Å². The van der Waals surface area contributed by atoms with Crippen molar-refractivity contribution in [2.45, 2.75) is 37.2 Å². The second kappa shape index (κ2) is 6.25. The van der Waals surface area contributed by atoms with Crippen molar-refractivity contribution < 1.29 is 9.53 Å². The Morgan fingerprint density at radius 2 is 2.22 bits per heavy atom. The summed E-state index contributed by atoms with van der Waals surface area (Å²) in [5.41, 5.74) is 1.13. The summed E-state index contributed by atoms with van der Waals surface area (Å²) in [6.45, 7) is 2.71. The first-order valence-electron chi connectivity index (χ1n) is 6.31. The molecule has 1 amide bonds. The van der Waals surface area contributed by atoms with Crippen LogP contribution in [0.25, 0.3) is 0 Å². The molecule has 1 aromatic rings. The Balaban J connectivity index is 1.85. The molecule has 0 radical (unpaired) electrons. The number of carbonyl (C=O) groups excluding carboxylic acids is 1. The molecule has 2 rings (SSSR count). The number of hydrogen-bond donors (Lipinski definition) is 2. The van der Waals surface area contributed by atoms with Gasteiger partial charge in [-0.1, -0.05) is 30.3 Å². The van der Waals surface area contributed by atoms with Gasteiger partial charge >= 0.3 is 0 Å². The minimum atomic E-state index is -0.305. The van der Waals surface area contributed by atoms with Crippen molar-refractivity contribution in [1.29, 1.82) is 0 Å². The predicted octanol–water partition coefficient (Wildman–Crippen LogP) is 1.82. The Kier molecular flexibility index (Phi) is 4.66. The first-order valence-corrected chi connectivity index (χ1v) is 6.82. The molecule has 4 heteroatoms. The van der Waals surface area contributed by atoms with Crippen molar-refractivity contribution in [3.63, 3.8) is 0 Å². The fourth-order valence-electron chi connectivity index (χ4n) is 2.13. The number of thiol groups is 1. The summed E-state index contributed by atoms with van der Waals surface area (Å²) in [6.07, 6.45) is 1.64. The highest BCUT2D eigenvalue weighted by atomic mass is 32.1. The summed E-state index contributed by atoms with van der Waals surface area (Å²) in [5, 5.41) is 2.70. The van der Waals surface area contributed by atoms with Crippen LogP contribution in [0.4, 0.5) is 0 Å². The molecule has 1 heterocycles. The van der Waals surface area contributed by atoms with Crippen LogP contribution in [0.3, 0.4) is 0 Å². The summed E-state index contributed by atoms with van der Waals surface area (Å²) in [5.74, 6) is -0.00969. The lowest BCUT2D eigenvalue weighted by molar-refractivity contribution is -0.121. The van der Waals surface area contributed by atoms with Gasteiger partial charge in [-0.3, -0.25) is 4.79 Å². The molecule has 1 aromatic carbocycles. The zero-order chi connectivity index (χ0) is 13.0. The van der Waals surface area contributed by atoms with Gasteiger partial charge in [-0.05, 0) is 25.3 Å². The molecule has 1 aliphatic heterocycles. The van der Waals surface area contributed by atoms with Crippen LogP contribution >= 0.6 is 12.6 Å². The molecule has 3 nitrogen and oxygen atoms in total. The van der Waals surface area contributed by atoms with Crippen molar-refractivity contribution >= 4 is 18.5 Å². The zero-order valence-corrected chi connectivity index (χ0v) is 11.4. The van der Waals surface area contributed by atoms with Crippen LogP contribution in [0, 0.1) is 0 Å². The molecule has 1 aliphatic rings. The Morgan fingerprint density at radius 3 is 2.83 bits per heavy atom. The van der Waals surface area contributed by atoms with Gasteiger partial charge in [0.25, 0.3) is 0 Å². The lowest BCUT2D eigenvalue weighted by atomic mass is 10.1. The molecule has 1 saturated heterocycles. The van der Waals surface area contributed by atoms with E-state index in [9.17, 15) is 4.79 Å². The van der Waals surface area contributed by atoms with E-state index in [2.05, 4.69) is 17.9 Å². The van der Waals surface area contributed by atoms with Gasteiger partial charge in [0.15, 0.2) is 0 Å². The van der Waals surface area contributed by atoms with Crippen LogP contribution in [0.5, 0.6) is 0 Å². The molecule has 0 aliphatic carbocycles. The SMILES string of the molecule is CC1OCCC1NC(=O)C(S)Cc1ccccc1. The van der Waals surface area contributed by atoms with Crippen molar-refractivity contribution in [1.82, 2.24) is 5.32 Å². The van der Waals surface area contributed by atoms with E-state index in [4.69, 9.17) is 4.74 Å². The smallest absolute Gasteiger partial charge is 0.233 e. The monoisotopic (exact) mass is 265 g/mol. The van der Waals surface area contributed by atoms with Gasteiger partial charge in [-0.15, -0.1) is 0 Å². The topological polar surface area (TPSA) is 38.3 Å². The van der Waals surface area contributed by atoms with Crippen molar-refractivity contribution in [3.05, 3.63) is 35.9 Å². The fourth-order valence-corrected chi connectivity index (χ4v) is 2.42. The van der Waals surface area contributed by atoms with Crippen LogP contribution in [0.2, 0.25) is 0 Å². The quantitative estimate of drug-likeness (QED) is 0.815.